The van der Waals surface area contributed by atoms with E-state index in [4.69, 9.17) is 4.74 Å². The van der Waals surface area contributed by atoms with E-state index in [0.29, 0.717) is 0 Å². The van der Waals surface area contributed by atoms with Gasteiger partial charge < -0.3 is 9.72 Å². The molecule has 1 N–H and O–H groups in total. The SMILES string of the molecule is Cc1cnc(CN2Cc3ccccc3OC(C)C2)[nH]1. The van der Waals surface area contributed by atoms with Gasteiger partial charge in [0.05, 0.1) is 6.54 Å². The lowest BCUT2D eigenvalue weighted by molar-refractivity contribution is 0.154. The molecule has 1 aliphatic heterocycles. The highest BCUT2D eigenvalue weighted by Gasteiger charge is 2.20. The highest BCUT2D eigenvalue weighted by Crippen LogP contribution is 2.25. The number of hydrogen-bond donors (Lipinski definition) is 1. The Hall–Kier alpha value is -1.81. The molecule has 1 atom stereocenters. The van der Waals surface area contributed by atoms with E-state index in [9.17, 15) is 0 Å². The zero-order chi connectivity index (χ0) is 13.2. The average Bonchev–Trinajstić information content (AvgIpc) is 2.69. The number of fused-ring (bicyclic) bond motifs is 1. The summed E-state index contributed by atoms with van der Waals surface area (Å²) in [6.07, 6.45) is 2.07. The second kappa shape index (κ2) is 5.05. The smallest absolute Gasteiger partial charge is 0.124 e. The van der Waals surface area contributed by atoms with Crippen molar-refractivity contribution in [3.63, 3.8) is 0 Å². The third kappa shape index (κ3) is 2.79. The van der Waals surface area contributed by atoms with Gasteiger partial charge >= 0.3 is 0 Å². The molecule has 1 aliphatic rings. The van der Waals surface area contributed by atoms with Crippen LogP contribution in [0.4, 0.5) is 0 Å². The largest absolute Gasteiger partial charge is 0.489 e. The second-order valence-corrected chi connectivity index (χ2v) is 5.22. The number of aromatic nitrogens is 2. The molecule has 4 nitrogen and oxygen atoms in total. The van der Waals surface area contributed by atoms with Crippen LogP contribution >= 0.6 is 0 Å². The Morgan fingerprint density at radius 2 is 2.26 bits per heavy atom. The molecule has 0 bridgehead atoms. The van der Waals surface area contributed by atoms with Crippen molar-refractivity contribution in [2.75, 3.05) is 6.54 Å². The molecule has 0 spiro atoms. The van der Waals surface area contributed by atoms with Crippen molar-refractivity contribution < 1.29 is 4.74 Å². The van der Waals surface area contributed by atoms with Gasteiger partial charge in [-0.3, -0.25) is 4.90 Å². The van der Waals surface area contributed by atoms with Crippen molar-refractivity contribution in [1.82, 2.24) is 14.9 Å². The Morgan fingerprint density at radius 3 is 3.05 bits per heavy atom. The van der Waals surface area contributed by atoms with E-state index in [0.717, 1.165) is 36.9 Å². The summed E-state index contributed by atoms with van der Waals surface area (Å²) in [5.74, 6) is 2.03. The minimum absolute atomic E-state index is 0.194. The minimum atomic E-state index is 0.194. The maximum absolute atomic E-state index is 5.96. The summed E-state index contributed by atoms with van der Waals surface area (Å²) in [5.41, 5.74) is 2.35. The van der Waals surface area contributed by atoms with Gasteiger partial charge in [0.2, 0.25) is 0 Å². The van der Waals surface area contributed by atoms with Crippen LogP contribution in [0.3, 0.4) is 0 Å². The molecule has 1 unspecified atom stereocenters. The van der Waals surface area contributed by atoms with Gasteiger partial charge in [-0.2, -0.15) is 0 Å². The lowest BCUT2D eigenvalue weighted by atomic mass is 10.2. The third-order valence-corrected chi connectivity index (χ3v) is 3.34. The summed E-state index contributed by atoms with van der Waals surface area (Å²) in [7, 11) is 0. The Bertz CT molecular complexity index is 564. The molecule has 0 amide bonds. The number of rotatable bonds is 2. The first-order valence-electron chi connectivity index (χ1n) is 6.68. The summed E-state index contributed by atoms with van der Waals surface area (Å²) in [5, 5.41) is 0. The minimum Gasteiger partial charge on any atom is -0.489 e. The van der Waals surface area contributed by atoms with E-state index in [1.165, 1.54) is 5.56 Å². The van der Waals surface area contributed by atoms with Gasteiger partial charge in [-0.25, -0.2) is 4.98 Å². The number of para-hydroxylation sites is 1. The van der Waals surface area contributed by atoms with Crippen LogP contribution in [0.25, 0.3) is 0 Å². The lowest BCUT2D eigenvalue weighted by Crippen LogP contribution is -2.30. The number of imidazole rings is 1. The number of benzene rings is 1. The molecule has 0 saturated heterocycles. The molecule has 1 aromatic heterocycles. The molecule has 0 saturated carbocycles. The predicted molar refractivity (Wildman–Crippen MR) is 74.0 cm³/mol. The van der Waals surface area contributed by atoms with Crippen LogP contribution in [0, 0.1) is 6.92 Å². The molecule has 2 heterocycles. The van der Waals surface area contributed by atoms with Crippen LogP contribution < -0.4 is 4.74 Å². The van der Waals surface area contributed by atoms with E-state index in [-0.39, 0.29) is 6.10 Å². The van der Waals surface area contributed by atoms with Crippen molar-refractivity contribution in [3.8, 4) is 5.75 Å². The van der Waals surface area contributed by atoms with Gasteiger partial charge in [-0.15, -0.1) is 0 Å². The Balaban J connectivity index is 1.79. The van der Waals surface area contributed by atoms with Gasteiger partial charge in [-0.1, -0.05) is 18.2 Å². The molecule has 19 heavy (non-hydrogen) atoms. The summed E-state index contributed by atoms with van der Waals surface area (Å²) in [4.78, 5) is 10.0. The van der Waals surface area contributed by atoms with E-state index < -0.39 is 0 Å². The van der Waals surface area contributed by atoms with Crippen LogP contribution in [0.2, 0.25) is 0 Å². The predicted octanol–water partition coefficient (Wildman–Crippen LogP) is 2.50. The Labute approximate surface area is 113 Å². The fourth-order valence-corrected chi connectivity index (χ4v) is 2.55. The zero-order valence-electron chi connectivity index (χ0n) is 11.4. The summed E-state index contributed by atoms with van der Waals surface area (Å²) in [6, 6.07) is 8.27. The van der Waals surface area contributed by atoms with Gasteiger partial charge in [0.15, 0.2) is 0 Å². The lowest BCUT2D eigenvalue weighted by Gasteiger charge is -2.20. The average molecular weight is 257 g/mol. The zero-order valence-corrected chi connectivity index (χ0v) is 11.4. The molecule has 4 heteroatoms. The quantitative estimate of drug-likeness (QED) is 0.898. The second-order valence-electron chi connectivity index (χ2n) is 5.22. The van der Waals surface area contributed by atoms with Crippen molar-refractivity contribution in [2.45, 2.75) is 33.0 Å². The summed E-state index contributed by atoms with van der Waals surface area (Å²) >= 11 is 0. The molecule has 0 radical (unpaired) electrons. The molecule has 3 rings (SSSR count). The number of nitrogens with zero attached hydrogens (tertiary/aromatic N) is 2. The number of ether oxygens (including phenoxy) is 1. The maximum atomic E-state index is 5.96. The van der Waals surface area contributed by atoms with Crippen molar-refractivity contribution in [2.24, 2.45) is 0 Å². The van der Waals surface area contributed by atoms with Gasteiger partial charge in [-0.05, 0) is 19.9 Å². The number of aryl methyl sites for hydroxylation is 1. The topological polar surface area (TPSA) is 41.2 Å². The van der Waals surface area contributed by atoms with E-state index in [1.54, 1.807) is 0 Å². The van der Waals surface area contributed by atoms with Crippen LogP contribution in [-0.4, -0.2) is 27.5 Å². The van der Waals surface area contributed by atoms with Gasteiger partial charge in [0.25, 0.3) is 0 Å². The summed E-state index contributed by atoms with van der Waals surface area (Å²) < 4.78 is 5.96. The first-order valence-corrected chi connectivity index (χ1v) is 6.68. The number of H-pyrrole nitrogens is 1. The molecule has 2 aromatic rings. The van der Waals surface area contributed by atoms with E-state index in [1.807, 2.05) is 25.3 Å². The van der Waals surface area contributed by atoms with Gasteiger partial charge in [0.1, 0.15) is 17.7 Å². The molecular weight excluding hydrogens is 238 g/mol. The van der Waals surface area contributed by atoms with Crippen LogP contribution in [0.5, 0.6) is 5.75 Å². The molecular formula is C15H19N3O. The van der Waals surface area contributed by atoms with Crippen LogP contribution in [0.1, 0.15) is 24.0 Å². The number of nitrogens with one attached hydrogen (secondary N) is 1. The first kappa shape index (κ1) is 12.2. The highest BCUT2D eigenvalue weighted by atomic mass is 16.5. The van der Waals surface area contributed by atoms with Crippen molar-refractivity contribution in [3.05, 3.63) is 47.5 Å². The monoisotopic (exact) mass is 257 g/mol. The van der Waals surface area contributed by atoms with Crippen molar-refractivity contribution >= 4 is 0 Å². The van der Waals surface area contributed by atoms with E-state index >= 15 is 0 Å². The molecule has 0 aliphatic carbocycles. The molecule has 0 fully saturated rings. The van der Waals surface area contributed by atoms with Crippen molar-refractivity contribution in [1.29, 1.82) is 0 Å². The summed E-state index contributed by atoms with van der Waals surface area (Å²) in [6.45, 7) is 6.78. The number of aromatic amines is 1. The normalized spacial score (nSPS) is 19.6. The number of hydrogen-bond acceptors (Lipinski definition) is 3. The Morgan fingerprint density at radius 1 is 1.42 bits per heavy atom. The van der Waals surface area contributed by atoms with E-state index in [2.05, 4.69) is 33.9 Å². The maximum Gasteiger partial charge on any atom is 0.124 e. The molecule has 100 valence electrons. The van der Waals surface area contributed by atoms with Gasteiger partial charge in [0, 0.05) is 30.5 Å². The molecule has 1 aromatic carbocycles. The third-order valence-electron chi connectivity index (χ3n) is 3.34. The fourth-order valence-electron chi connectivity index (χ4n) is 2.55. The van der Waals surface area contributed by atoms with Crippen LogP contribution in [0.15, 0.2) is 30.5 Å². The Kier molecular flexibility index (Phi) is 3.25. The van der Waals surface area contributed by atoms with Crippen LogP contribution in [-0.2, 0) is 13.1 Å². The first-order chi connectivity index (χ1) is 9.20. The standard InChI is InChI=1S/C15H19N3O/c1-11-7-16-15(17-11)10-18-8-12(2)19-14-6-4-3-5-13(14)9-18/h3-7,12H,8-10H2,1-2H3,(H,16,17). The highest BCUT2D eigenvalue weighted by molar-refractivity contribution is 5.34. The fraction of sp³-hybridized carbons (Fsp3) is 0.400.